The summed E-state index contributed by atoms with van der Waals surface area (Å²) in [5.74, 6) is 0.875. The standard InChI is InChI=1S/C12H18ClN3/c1-11(2)7-15-9-5-8(13)6-14-10(9)16-12(11,3)4/h5-6,15H,7H2,1-4H3,(H,14,16). The van der Waals surface area contributed by atoms with Crippen LogP contribution < -0.4 is 10.6 Å². The van der Waals surface area contributed by atoms with Crippen molar-refractivity contribution in [1.29, 1.82) is 0 Å². The minimum Gasteiger partial charge on any atom is -0.381 e. The van der Waals surface area contributed by atoms with Gasteiger partial charge in [0.05, 0.1) is 10.7 Å². The summed E-state index contributed by atoms with van der Waals surface area (Å²) >= 11 is 5.94. The predicted octanol–water partition coefficient (Wildman–Crippen LogP) is 3.38. The van der Waals surface area contributed by atoms with Crippen LogP contribution in [0.3, 0.4) is 0 Å². The number of rotatable bonds is 0. The van der Waals surface area contributed by atoms with E-state index in [0.29, 0.717) is 5.02 Å². The maximum atomic E-state index is 5.94. The van der Waals surface area contributed by atoms with Gasteiger partial charge in [0, 0.05) is 23.7 Å². The van der Waals surface area contributed by atoms with E-state index in [-0.39, 0.29) is 11.0 Å². The number of hydrogen-bond acceptors (Lipinski definition) is 3. The molecule has 0 unspecified atom stereocenters. The zero-order valence-electron chi connectivity index (χ0n) is 10.2. The first-order valence-corrected chi connectivity index (χ1v) is 5.87. The van der Waals surface area contributed by atoms with Crippen molar-refractivity contribution in [1.82, 2.24) is 4.98 Å². The lowest BCUT2D eigenvalue weighted by Gasteiger charge is -2.40. The molecule has 1 aromatic heterocycles. The van der Waals surface area contributed by atoms with Gasteiger partial charge in [-0.25, -0.2) is 4.98 Å². The lowest BCUT2D eigenvalue weighted by molar-refractivity contribution is 0.245. The van der Waals surface area contributed by atoms with E-state index < -0.39 is 0 Å². The summed E-state index contributed by atoms with van der Waals surface area (Å²) in [4.78, 5) is 4.33. The first-order valence-electron chi connectivity index (χ1n) is 5.49. The van der Waals surface area contributed by atoms with Crippen LogP contribution in [0.4, 0.5) is 11.5 Å². The Morgan fingerprint density at radius 3 is 2.69 bits per heavy atom. The Kier molecular flexibility index (Phi) is 2.54. The van der Waals surface area contributed by atoms with Gasteiger partial charge in [0.25, 0.3) is 0 Å². The maximum Gasteiger partial charge on any atom is 0.149 e. The molecule has 16 heavy (non-hydrogen) atoms. The second-order valence-corrected chi connectivity index (χ2v) is 5.97. The molecule has 2 heterocycles. The second kappa shape index (κ2) is 3.52. The molecule has 1 aliphatic rings. The number of nitrogens with one attached hydrogen (secondary N) is 2. The Morgan fingerprint density at radius 2 is 2.00 bits per heavy atom. The largest absolute Gasteiger partial charge is 0.381 e. The van der Waals surface area contributed by atoms with Gasteiger partial charge in [-0.2, -0.15) is 0 Å². The van der Waals surface area contributed by atoms with Crippen molar-refractivity contribution < 1.29 is 0 Å². The number of pyridine rings is 1. The van der Waals surface area contributed by atoms with Crippen molar-refractivity contribution in [2.24, 2.45) is 5.41 Å². The molecule has 0 atom stereocenters. The van der Waals surface area contributed by atoms with Crippen LogP contribution in [0.1, 0.15) is 27.7 Å². The number of anilines is 2. The van der Waals surface area contributed by atoms with Gasteiger partial charge >= 0.3 is 0 Å². The number of aromatic nitrogens is 1. The molecule has 0 saturated carbocycles. The van der Waals surface area contributed by atoms with E-state index in [9.17, 15) is 0 Å². The Balaban J connectivity index is 2.43. The third-order valence-corrected chi connectivity index (χ3v) is 3.90. The van der Waals surface area contributed by atoms with Gasteiger partial charge in [0.1, 0.15) is 5.82 Å². The van der Waals surface area contributed by atoms with Crippen LogP contribution in [0.5, 0.6) is 0 Å². The van der Waals surface area contributed by atoms with Crippen molar-refractivity contribution in [3.8, 4) is 0 Å². The summed E-state index contributed by atoms with van der Waals surface area (Å²) in [6.07, 6.45) is 1.67. The Hall–Kier alpha value is -0.960. The molecular formula is C12H18ClN3. The molecule has 0 aromatic carbocycles. The van der Waals surface area contributed by atoms with E-state index in [1.54, 1.807) is 6.20 Å². The fourth-order valence-corrected chi connectivity index (χ4v) is 1.83. The molecule has 0 bridgehead atoms. The van der Waals surface area contributed by atoms with Gasteiger partial charge in [-0.1, -0.05) is 25.4 Å². The van der Waals surface area contributed by atoms with E-state index in [1.807, 2.05) is 6.07 Å². The third kappa shape index (κ3) is 1.84. The van der Waals surface area contributed by atoms with E-state index >= 15 is 0 Å². The van der Waals surface area contributed by atoms with E-state index in [2.05, 4.69) is 43.3 Å². The van der Waals surface area contributed by atoms with Crippen LogP contribution in [0.25, 0.3) is 0 Å². The Bertz CT molecular complexity index is 413. The summed E-state index contributed by atoms with van der Waals surface area (Å²) in [5.41, 5.74) is 1.08. The summed E-state index contributed by atoms with van der Waals surface area (Å²) in [6.45, 7) is 9.75. The molecule has 0 aliphatic carbocycles. The van der Waals surface area contributed by atoms with Gasteiger partial charge in [-0.3, -0.25) is 0 Å². The van der Waals surface area contributed by atoms with Crippen molar-refractivity contribution >= 4 is 23.1 Å². The topological polar surface area (TPSA) is 37.0 Å². The summed E-state index contributed by atoms with van der Waals surface area (Å²) in [6, 6.07) is 1.91. The zero-order chi connectivity index (χ0) is 12.0. The van der Waals surface area contributed by atoms with Crippen molar-refractivity contribution in [3.05, 3.63) is 17.3 Å². The minimum atomic E-state index is -0.0217. The molecule has 2 N–H and O–H groups in total. The molecule has 0 spiro atoms. The molecular weight excluding hydrogens is 222 g/mol. The van der Waals surface area contributed by atoms with E-state index in [0.717, 1.165) is 18.1 Å². The fraction of sp³-hybridized carbons (Fsp3) is 0.583. The molecule has 4 heteroatoms. The number of hydrogen-bond donors (Lipinski definition) is 2. The SMILES string of the molecule is CC1(C)CNc2cc(Cl)cnc2NC1(C)C. The van der Waals surface area contributed by atoms with Crippen LogP contribution in [-0.2, 0) is 0 Å². The molecule has 88 valence electrons. The summed E-state index contributed by atoms with van der Waals surface area (Å²) in [7, 11) is 0. The molecule has 1 aromatic rings. The minimum absolute atomic E-state index is 0.0217. The van der Waals surface area contributed by atoms with Crippen LogP contribution in [0.15, 0.2) is 12.3 Å². The average Bonchev–Trinajstić information content (AvgIpc) is 2.25. The molecule has 1 aliphatic heterocycles. The molecule has 2 rings (SSSR count). The van der Waals surface area contributed by atoms with E-state index in [4.69, 9.17) is 11.6 Å². The lowest BCUT2D eigenvalue weighted by atomic mass is 9.75. The van der Waals surface area contributed by atoms with Crippen LogP contribution in [0.2, 0.25) is 5.02 Å². The smallest absolute Gasteiger partial charge is 0.149 e. The van der Waals surface area contributed by atoms with Gasteiger partial charge < -0.3 is 10.6 Å². The Labute approximate surface area is 102 Å². The van der Waals surface area contributed by atoms with Gasteiger partial charge in [-0.15, -0.1) is 0 Å². The number of fused-ring (bicyclic) bond motifs is 1. The molecule has 0 amide bonds. The van der Waals surface area contributed by atoms with Crippen molar-refractivity contribution in [2.45, 2.75) is 33.2 Å². The highest BCUT2D eigenvalue weighted by Crippen LogP contribution is 2.39. The fourth-order valence-electron chi connectivity index (χ4n) is 1.68. The lowest BCUT2D eigenvalue weighted by Crippen LogP contribution is -2.48. The summed E-state index contributed by atoms with van der Waals surface area (Å²) in [5, 5.41) is 7.54. The quantitative estimate of drug-likeness (QED) is 0.729. The van der Waals surface area contributed by atoms with Crippen LogP contribution in [-0.4, -0.2) is 17.1 Å². The van der Waals surface area contributed by atoms with Crippen molar-refractivity contribution in [2.75, 3.05) is 17.2 Å². The monoisotopic (exact) mass is 239 g/mol. The molecule has 0 fully saturated rings. The summed E-state index contributed by atoms with van der Waals surface area (Å²) < 4.78 is 0. The first-order chi connectivity index (χ1) is 7.32. The highest BCUT2D eigenvalue weighted by Gasteiger charge is 2.39. The second-order valence-electron chi connectivity index (χ2n) is 5.54. The number of nitrogens with zero attached hydrogens (tertiary/aromatic N) is 1. The zero-order valence-corrected chi connectivity index (χ0v) is 10.9. The predicted molar refractivity (Wildman–Crippen MR) is 69.2 cm³/mol. The van der Waals surface area contributed by atoms with E-state index in [1.165, 1.54) is 0 Å². The molecule has 3 nitrogen and oxygen atoms in total. The molecule has 0 saturated heterocycles. The van der Waals surface area contributed by atoms with Gasteiger partial charge in [-0.05, 0) is 19.9 Å². The van der Waals surface area contributed by atoms with Gasteiger partial charge in [0.15, 0.2) is 0 Å². The van der Waals surface area contributed by atoms with Gasteiger partial charge in [0.2, 0.25) is 0 Å². The third-order valence-electron chi connectivity index (χ3n) is 3.70. The first kappa shape index (κ1) is 11.5. The highest BCUT2D eigenvalue weighted by molar-refractivity contribution is 6.30. The normalized spacial score (nSPS) is 21.3. The highest BCUT2D eigenvalue weighted by atomic mass is 35.5. The number of halogens is 1. The maximum absolute atomic E-state index is 5.94. The van der Waals surface area contributed by atoms with Crippen LogP contribution >= 0.6 is 11.6 Å². The average molecular weight is 240 g/mol. The molecule has 0 radical (unpaired) electrons. The van der Waals surface area contributed by atoms with Crippen molar-refractivity contribution in [3.63, 3.8) is 0 Å². The van der Waals surface area contributed by atoms with Crippen LogP contribution in [0, 0.1) is 5.41 Å². The Morgan fingerprint density at radius 1 is 1.31 bits per heavy atom.